The summed E-state index contributed by atoms with van der Waals surface area (Å²) in [6, 6.07) is -0.102. The van der Waals surface area contributed by atoms with Crippen molar-refractivity contribution >= 4 is 15.9 Å². The molecule has 3 saturated carbocycles. The van der Waals surface area contributed by atoms with Crippen LogP contribution in [0, 0.1) is 22.2 Å². The minimum absolute atomic E-state index is 0.102. The standard InChI is InChI=1S/C14H19NO3S/c1-4-11(16)15-10-7-9-12(2,3)14(9)6-5-13(10,14)8-19(15,17)18/h4,9-10H,1,5-8H2,2-3H3. The molecule has 2 spiro atoms. The second-order valence-corrected chi connectivity index (χ2v) is 9.09. The fraction of sp³-hybridized carbons (Fsp3) is 0.786. The number of rotatable bonds is 1. The monoisotopic (exact) mass is 281 g/mol. The summed E-state index contributed by atoms with van der Waals surface area (Å²) < 4.78 is 25.9. The fourth-order valence-electron chi connectivity index (χ4n) is 6.16. The molecule has 0 bridgehead atoms. The second-order valence-electron chi connectivity index (χ2n) is 7.25. The van der Waals surface area contributed by atoms with E-state index in [1.165, 1.54) is 0 Å². The van der Waals surface area contributed by atoms with Crippen molar-refractivity contribution in [2.45, 2.75) is 39.2 Å². The molecule has 4 aliphatic rings. The molecule has 4 fully saturated rings. The van der Waals surface area contributed by atoms with Gasteiger partial charge in [0.25, 0.3) is 5.91 Å². The Balaban J connectivity index is 1.84. The average molecular weight is 281 g/mol. The van der Waals surface area contributed by atoms with Crippen LogP contribution in [-0.2, 0) is 14.8 Å². The van der Waals surface area contributed by atoms with Crippen molar-refractivity contribution in [2.24, 2.45) is 22.2 Å². The van der Waals surface area contributed by atoms with Crippen LogP contribution in [0.25, 0.3) is 0 Å². The van der Waals surface area contributed by atoms with Gasteiger partial charge in [-0.1, -0.05) is 20.4 Å². The molecule has 0 aromatic rings. The van der Waals surface area contributed by atoms with Gasteiger partial charge in [0.15, 0.2) is 0 Å². The van der Waals surface area contributed by atoms with Gasteiger partial charge < -0.3 is 0 Å². The van der Waals surface area contributed by atoms with Crippen LogP contribution in [0.2, 0.25) is 0 Å². The zero-order valence-corrected chi connectivity index (χ0v) is 12.2. The van der Waals surface area contributed by atoms with Crippen LogP contribution >= 0.6 is 0 Å². The molecule has 4 unspecified atom stereocenters. The molecule has 104 valence electrons. The number of sulfonamides is 1. The summed E-state index contributed by atoms with van der Waals surface area (Å²) in [5.41, 5.74) is 0.289. The molecule has 0 aromatic heterocycles. The lowest BCUT2D eigenvalue weighted by molar-refractivity contribution is -0.126. The molecule has 4 nitrogen and oxygen atoms in total. The van der Waals surface area contributed by atoms with Gasteiger partial charge in [-0.05, 0) is 42.1 Å². The topological polar surface area (TPSA) is 54.5 Å². The minimum Gasteiger partial charge on any atom is -0.269 e. The van der Waals surface area contributed by atoms with Crippen LogP contribution in [0.5, 0.6) is 0 Å². The van der Waals surface area contributed by atoms with Gasteiger partial charge in [-0.25, -0.2) is 12.7 Å². The Labute approximate surface area is 113 Å². The maximum atomic E-state index is 12.4. The van der Waals surface area contributed by atoms with Crippen LogP contribution in [-0.4, -0.2) is 30.4 Å². The highest BCUT2D eigenvalue weighted by molar-refractivity contribution is 7.90. The molecule has 4 rings (SSSR count). The largest absolute Gasteiger partial charge is 0.269 e. The Morgan fingerprint density at radius 2 is 2.05 bits per heavy atom. The van der Waals surface area contributed by atoms with E-state index in [1.54, 1.807) is 0 Å². The quantitative estimate of drug-likeness (QED) is 0.685. The van der Waals surface area contributed by atoms with E-state index in [9.17, 15) is 13.2 Å². The molecule has 1 saturated heterocycles. The first-order valence-electron chi connectivity index (χ1n) is 6.93. The third kappa shape index (κ3) is 0.901. The summed E-state index contributed by atoms with van der Waals surface area (Å²) in [7, 11) is -3.45. The average Bonchev–Trinajstić information content (AvgIpc) is 2.58. The van der Waals surface area contributed by atoms with E-state index < -0.39 is 15.9 Å². The molecule has 19 heavy (non-hydrogen) atoms. The second kappa shape index (κ2) is 2.78. The SMILES string of the molecule is C=CC(=O)N1C2CC3C(C)(C)C34CCC24CS1(=O)=O. The summed E-state index contributed by atoms with van der Waals surface area (Å²) in [6.07, 6.45) is 4.08. The van der Waals surface area contributed by atoms with E-state index in [1.807, 2.05) is 0 Å². The van der Waals surface area contributed by atoms with Crippen molar-refractivity contribution in [1.29, 1.82) is 0 Å². The normalized spacial score (nSPS) is 50.7. The molecular formula is C14H19NO3S. The van der Waals surface area contributed by atoms with Crippen molar-refractivity contribution < 1.29 is 13.2 Å². The van der Waals surface area contributed by atoms with Gasteiger partial charge in [0, 0.05) is 5.41 Å². The Kier molecular flexibility index (Phi) is 1.75. The number of amides is 1. The number of hydrogen-bond acceptors (Lipinski definition) is 3. The zero-order chi connectivity index (χ0) is 13.8. The Hall–Kier alpha value is -0.840. The van der Waals surface area contributed by atoms with E-state index >= 15 is 0 Å². The van der Waals surface area contributed by atoms with Crippen molar-refractivity contribution in [3.8, 4) is 0 Å². The predicted molar refractivity (Wildman–Crippen MR) is 70.6 cm³/mol. The summed E-state index contributed by atoms with van der Waals surface area (Å²) in [4.78, 5) is 12.0. The maximum absolute atomic E-state index is 12.4. The third-order valence-corrected chi connectivity index (χ3v) is 8.81. The van der Waals surface area contributed by atoms with E-state index in [0.29, 0.717) is 5.92 Å². The molecule has 1 aliphatic heterocycles. The number of carbonyl (C=O) groups excluding carboxylic acids is 1. The summed E-state index contributed by atoms with van der Waals surface area (Å²) in [6.45, 7) is 7.97. The molecular weight excluding hydrogens is 262 g/mol. The van der Waals surface area contributed by atoms with Gasteiger partial charge >= 0.3 is 0 Å². The van der Waals surface area contributed by atoms with E-state index in [2.05, 4.69) is 20.4 Å². The van der Waals surface area contributed by atoms with Gasteiger partial charge in [-0.2, -0.15) is 0 Å². The maximum Gasteiger partial charge on any atom is 0.259 e. The lowest BCUT2D eigenvalue weighted by atomic mass is 9.54. The Morgan fingerprint density at radius 3 is 2.58 bits per heavy atom. The van der Waals surface area contributed by atoms with Crippen molar-refractivity contribution in [1.82, 2.24) is 4.31 Å². The lowest BCUT2D eigenvalue weighted by Crippen LogP contribution is -2.52. The third-order valence-electron chi connectivity index (χ3n) is 6.90. The number of nitrogens with zero attached hydrogens (tertiary/aromatic N) is 1. The molecule has 1 amide bonds. The smallest absolute Gasteiger partial charge is 0.259 e. The fourth-order valence-corrected chi connectivity index (χ4v) is 8.57. The van der Waals surface area contributed by atoms with Gasteiger partial charge in [0.2, 0.25) is 10.0 Å². The highest BCUT2D eigenvalue weighted by atomic mass is 32.2. The first kappa shape index (κ1) is 11.9. The Bertz CT molecular complexity index is 623. The van der Waals surface area contributed by atoms with Gasteiger partial charge in [-0.15, -0.1) is 0 Å². The highest BCUT2D eigenvalue weighted by Crippen LogP contribution is 2.92. The lowest BCUT2D eigenvalue weighted by Gasteiger charge is -2.51. The molecule has 5 heteroatoms. The molecule has 0 N–H and O–H groups in total. The van der Waals surface area contributed by atoms with Gasteiger partial charge in [-0.3, -0.25) is 4.79 Å². The number of hydrogen-bond donors (Lipinski definition) is 0. The van der Waals surface area contributed by atoms with Crippen LogP contribution in [0.15, 0.2) is 12.7 Å². The molecule has 0 radical (unpaired) electrons. The first-order valence-corrected chi connectivity index (χ1v) is 8.54. The molecule has 4 atom stereocenters. The van der Waals surface area contributed by atoms with Crippen LogP contribution in [0.1, 0.15) is 33.1 Å². The predicted octanol–water partition coefficient (Wildman–Crippen LogP) is 1.54. The first-order chi connectivity index (χ1) is 8.74. The summed E-state index contributed by atoms with van der Waals surface area (Å²) in [5.74, 6) is 0.321. The Morgan fingerprint density at radius 1 is 1.37 bits per heavy atom. The molecule has 0 aromatic carbocycles. The van der Waals surface area contributed by atoms with Crippen LogP contribution < -0.4 is 0 Å². The van der Waals surface area contributed by atoms with E-state index in [-0.39, 0.29) is 28.0 Å². The van der Waals surface area contributed by atoms with Gasteiger partial charge in [0.1, 0.15) is 0 Å². The van der Waals surface area contributed by atoms with Crippen LogP contribution in [0.4, 0.5) is 0 Å². The van der Waals surface area contributed by atoms with Gasteiger partial charge in [0.05, 0.1) is 11.8 Å². The molecule has 1 heterocycles. The van der Waals surface area contributed by atoms with Crippen LogP contribution in [0.3, 0.4) is 0 Å². The minimum atomic E-state index is -3.45. The van der Waals surface area contributed by atoms with E-state index in [4.69, 9.17) is 0 Å². The van der Waals surface area contributed by atoms with Crippen molar-refractivity contribution in [3.63, 3.8) is 0 Å². The number of carbonyl (C=O) groups is 1. The highest BCUT2D eigenvalue weighted by Gasteiger charge is 2.91. The van der Waals surface area contributed by atoms with Crippen molar-refractivity contribution in [2.75, 3.05) is 5.75 Å². The summed E-state index contributed by atoms with van der Waals surface area (Å²) >= 11 is 0. The molecule has 3 aliphatic carbocycles. The van der Waals surface area contributed by atoms with Crippen molar-refractivity contribution in [3.05, 3.63) is 12.7 Å². The van der Waals surface area contributed by atoms with E-state index in [0.717, 1.165) is 29.6 Å². The summed E-state index contributed by atoms with van der Waals surface area (Å²) in [5, 5.41) is 0. The zero-order valence-electron chi connectivity index (χ0n) is 11.3.